The van der Waals surface area contributed by atoms with Crippen LogP contribution < -0.4 is 0 Å². The fourth-order valence-corrected chi connectivity index (χ4v) is 2.97. The molecular weight excluding hydrogens is 246 g/mol. The van der Waals surface area contributed by atoms with Crippen LogP contribution >= 0.6 is 0 Å². The first-order valence-electron chi connectivity index (χ1n) is 7.16. The number of hydrogen-bond acceptors (Lipinski definition) is 6. The molecule has 0 amide bonds. The van der Waals surface area contributed by atoms with Gasteiger partial charge in [-0.25, -0.2) is 0 Å². The lowest BCUT2D eigenvalue weighted by Crippen LogP contribution is -2.48. The zero-order valence-corrected chi connectivity index (χ0v) is 11.0. The summed E-state index contributed by atoms with van der Waals surface area (Å²) in [5.74, 6) is 1.77. The van der Waals surface area contributed by atoms with E-state index in [1.807, 2.05) is 0 Å². The summed E-state index contributed by atoms with van der Waals surface area (Å²) in [6.07, 6.45) is 4.48. The molecule has 1 aromatic heterocycles. The van der Waals surface area contributed by atoms with Crippen molar-refractivity contribution in [3.8, 4) is 0 Å². The molecule has 0 atom stereocenters. The van der Waals surface area contributed by atoms with Gasteiger partial charge in [0.25, 0.3) is 0 Å². The fourth-order valence-electron chi connectivity index (χ4n) is 2.97. The molecule has 1 aromatic rings. The van der Waals surface area contributed by atoms with Gasteiger partial charge in [-0.15, -0.1) is 0 Å². The van der Waals surface area contributed by atoms with Crippen LogP contribution in [0.15, 0.2) is 4.52 Å². The zero-order chi connectivity index (χ0) is 12.7. The molecule has 104 valence electrons. The average Bonchev–Trinajstić information content (AvgIpc) is 3.01. The number of likely N-dealkylation sites (tertiary alicyclic amines) is 1. The minimum atomic E-state index is -0.377. The lowest BCUT2D eigenvalue weighted by atomic mass is 10.0. The third kappa shape index (κ3) is 2.40. The van der Waals surface area contributed by atoms with Gasteiger partial charge in [-0.1, -0.05) is 5.16 Å². The largest absolute Gasteiger partial charge is 0.346 e. The van der Waals surface area contributed by atoms with E-state index in [2.05, 4.69) is 15.0 Å². The molecule has 1 saturated carbocycles. The van der Waals surface area contributed by atoms with Crippen LogP contribution in [0.5, 0.6) is 0 Å². The Bertz CT molecular complexity index is 452. The molecule has 6 nitrogen and oxygen atoms in total. The SMILES string of the molecule is C1CN(Cc2nc(C3CC3)no2)CC2(C1)OCCO2. The second-order valence-corrected chi connectivity index (χ2v) is 5.74. The van der Waals surface area contributed by atoms with Gasteiger partial charge in [0.15, 0.2) is 11.6 Å². The molecule has 1 aliphatic carbocycles. The van der Waals surface area contributed by atoms with Crippen LogP contribution in [0.1, 0.15) is 43.3 Å². The predicted molar refractivity (Wildman–Crippen MR) is 65.4 cm³/mol. The molecule has 1 spiro atoms. The van der Waals surface area contributed by atoms with Crippen LogP contribution in [0.4, 0.5) is 0 Å². The fraction of sp³-hybridized carbons (Fsp3) is 0.846. The summed E-state index contributed by atoms with van der Waals surface area (Å²) in [7, 11) is 0. The topological polar surface area (TPSA) is 60.6 Å². The Kier molecular flexibility index (Phi) is 2.82. The Balaban J connectivity index is 1.40. The molecule has 4 rings (SSSR count). The highest BCUT2D eigenvalue weighted by atomic mass is 16.7. The lowest BCUT2D eigenvalue weighted by Gasteiger charge is -2.37. The summed E-state index contributed by atoms with van der Waals surface area (Å²) in [5, 5.41) is 4.06. The minimum absolute atomic E-state index is 0.377. The predicted octanol–water partition coefficient (Wildman–Crippen LogP) is 1.29. The first kappa shape index (κ1) is 11.8. The second kappa shape index (κ2) is 4.54. The normalized spacial score (nSPS) is 27.2. The van der Waals surface area contributed by atoms with Gasteiger partial charge >= 0.3 is 0 Å². The zero-order valence-electron chi connectivity index (χ0n) is 11.0. The molecular formula is C13H19N3O3. The van der Waals surface area contributed by atoms with Crippen molar-refractivity contribution in [1.82, 2.24) is 15.0 Å². The molecule has 2 saturated heterocycles. The smallest absolute Gasteiger partial charge is 0.240 e. The van der Waals surface area contributed by atoms with Crippen molar-refractivity contribution in [1.29, 1.82) is 0 Å². The minimum Gasteiger partial charge on any atom is -0.346 e. The van der Waals surface area contributed by atoms with E-state index < -0.39 is 0 Å². The van der Waals surface area contributed by atoms with Crippen LogP contribution in [0.2, 0.25) is 0 Å². The first-order chi connectivity index (χ1) is 9.33. The summed E-state index contributed by atoms with van der Waals surface area (Å²) in [4.78, 5) is 6.77. The summed E-state index contributed by atoms with van der Waals surface area (Å²) >= 11 is 0. The number of nitrogens with zero attached hydrogens (tertiary/aromatic N) is 3. The van der Waals surface area contributed by atoms with Crippen molar-refractivity contribution < 1.29 is 14.0 Å². The van der Waals surface area contributed by atoms with Crippen LogP contribution in [-0.4, -0.2) is 47.1 Å². The number of rotatable bonds is 3. The van der Waals surface area contributed by atoms with Crippen molar-refractivity contribution >= 4 is 0 Å². The van der Waals surface area contributed by atoms with Crippen LogP contribution in [0, 0.1) is 0 Å². The van der Waals surface area contributed by atoms with E-state index in [1.165, 1.54) is 12.8 Å². The number of piperidine rings is 1. The monoisotopic (exact) mass is 265 g/mol. The summed E-state index contributed by atoms with van der Waals surface area (Å²) in [5.41, 5.74) is 0. The van der Waals surface area contributed by atoms with Gasteiger partial charge in [0, 0.05) is 12.3 Å². The van der Waals surface area contributed by atoms with Gasteiger partial charge in [-0.3, -0.25) is 4.90 Å². The number of hydrogen-bond donors (Lipinski definition) is 0. The standard InChI is InChI=1S/C13H19N3O3/c1-4-13(17-6-7-18-13)9-16(5-1)8-11-14-12(15-19-11)10-2-3-10/h10H,1-9H2. The quantitative estimate of drug-likeness (QED) is 0.820. The average molecular weight is 265 g/mol. The maximum Gasteiger partial charge on any atom is 0.240 e. The maximum absolute atomic E-state index is 5.77. The number of aromatic nitrogens is 2. The summed E-state index contributed by atoms with van der Waals surface area (Å²) < 4.78 is 16.9. The van der Waals surface area contributed by atoms with E-state index in [0.717, 1.165) is 37.6 Å². The van der Waals surface area contributed by atoms with Gasteiger partial charge in [0.05, 0.1) is 26.3 Å². The van der Waals surface area contributed by atoms with Gasteiger partial charge < -0.3 is 14.0 Å². The van der Waals surface area contributed by atoms with Crippen molar-refractivity contribution in [3.63, 3.8) is 0 Å². The summed E-state index contributed by atoms with van der Waals surface area (Å²) in [6.45, 7) is 3.96. The summed E-state index contributed by atoms with van der Waals surface area (Å²) in [6, 6.07) is 0. The Hall–Kier alpha value is -0.980. The van der Waals surface area contributed by atoms with E-state index in [9.17, 15) is 0 Å². The molecule has 0 unspecified atom stereocenters. The molecule has 3 heterocycles. The van der Waals surface area contributed by atoms with Crippen molar-refractivity contribution in [3.05, 3.63) is 11.7 Å². The molecule has 19 heavy (non-hydrogen) atoms. The molecule has 0 bridgehead atoms. The third-order valence-electron chi connectivity index (χ3n) is 4.10. The van der Waals surface area contributed by atoms with E-state index in [0.29, 0.717) is 25.7 Å². The van der Waals surface area contributed by atoms with E-state index in [1.54, 1.807) is 0 Å². The molecule has 0 aromatic carbocycles. The first-order valence-corrected chi connectivity index (χ1v) is 7.16. The van der Waals surface area contributed by atoms with Crippen molar-refractivity contribution in [2.75, 3.05) is 26.3 Å². The Morgan fingerprint density at radius 3 is 2.89 bits per heavy atom. The van der Waals surface area contributed by atoms with Crippen LogP contribution in [0.25, 0.3) is 0 Å². The molecule has 0 N–H and O–H groups in total. The van der Waals surface area contributed by atoms with Crippen LogP contribution in [0.3, 0.4) is 0 Å². The highest BCUT2D eigenvalue weighted by Gasteiger charge is 2.41. The lowest BCUT2D eigenvalue weighted by molar-refractivity contribution is -0.190. The molecule has 3 fully saturated rings. The van der Waals surface area contributed by atoms with Gasteiger partial charge in [-0.05, 0) is 25.8 Å². The van der Waals surface area contributed by atoms with E-state index in [-0.39, 0.29) is 5.79 Å². The van der Waals surface area contributed by atoms with Crippen molar-refractivity contribution in [2.24, 2.45) is 0 Å². The Morgan fingerprint density at radius 1 is 1.26 bits per heavy atom. The molecule has 6 heteroatoms. The second-order valence-electron chi connectivity index (χ2n) is 5.74. The van der Waals surface area contributed by atoms with E-state index >= 15 is 0 Å². The van der Waals surface area contributed by atoms with Gasteiger partial charge in [0.2, 0.25) is 5.89 Å². The van der Waals surface area contributed by atoms with Crippen LogP contribution in [-0.2, 0) is 16.0 Å². The van der Waals surface area contributed by atoms with Gasteiger partial charge in [0.1, 0.15) is 0 Å². The van der Waals surface area contributed by atoms with E-state index in [4.69, 9.17) is 14.0 Å². The molecule has 2 aliphatic heterocycles. The van der Waals surface area contributed by atoms with Gasteiger partial charge in [-0.2, -0.15) is 4.98 Å². The Morgan fingerprint density at radius 2 is 2.11 bits per heavy atom. The maximum atomic E-state index is 5.77. The third-order valence-corrected chi connectivity index (χ3v) is 4.10. The highest BCUT2D eigenvalue weighted by Crippen LogP contribution is 2.38. The molecule has 3 aliphatic rings. The number of ether oxygens (including phenoxy) is 2. The highest BCUT2D eigenvalue weighted by molar-refractivity contribution is 5.03. The molecule has 0 radical (unpaired) electrons. The van der Waals surface area contributed by atoms with Crippen molar-refractivity contribution in [2.45, 2.75) is 43.9 Å². The Labute approximate surface area is 112 Å².